The van der Waals surface area contributed by atoms with E-state index >= 15 is 0 Å². The van der Waals surface area contributed by atoms with Gasteiger partial charge in [-0.1, -0.05) is 35.3 Å². The molecule has 6 nitrogen and oxygen atoms in total. The number of aromatic carboxylic acids is 1. The maximum absolute atomic E-state index is 11.5. The summed E-state index contributed by atoms with van der Waals surface area (Å²) in [6.07, 6.45) is 1.36. The van der Waals surface area contributed by atoms with Crippen LogP contribution in [0.2, 0.25) is 10.0 Å². The van der Waals surface area contributed by atoms with Crippen LogP contribution in [-0.4, -0.2) is 46.6 Å². The Bertz CT molecular complexity index is 995. The predicted octanol–water partition coefficient (Wildman–Crippen LogP) is 4.35. The SMILES string of the molecule is CN(C)CC(Nc1ncnc2c(C(=O)O)cccc12)c1ccc(Cl)c(Cl)c1. The minimum atomic E-state index is -1.03. The lowest BCUT2D eigenvalue weighted by molar-refractivity contribution is 0.0699. The normalized spacial score (nSPS) is 12.3. The number of para-hydroxylation sites is 1. The fraction of sp³-hybridized carbons (Fsp3) is 0.211. The van der Waals surface area contributed by atoms with E-state index in [2.05, 4.69) is 15.3 Å². The molecular formula is C19H18Cl2N4O2. The molecule has 140 valence electrons. The number of hydrogen-bond donors (Lipinski definition) is 2. The number of aromatic nitrogens is 2. The lowest BCUT2D eigenvalue weighted by Gasteiger charge is -2.24. The van der Waals surface area contributed by atoms with E-state index in [0.29, 0.717) is 33.3 Å². The minimum absolute atomic E-state index is 0.136. The molecule has 0 radical (unpaired) electrons. The molecule has 0 saturated heterocycles. The van der Waals surface area contributed by atoms with Crippen LogP contribution < -0.4 is 5.32 Å². The van der Waals surface area contributed by atoms with Gasteiger partial charge in [0.15, 0.2) is 0 Å². The molecule has 1 aromatic heterocycles. The second-order valence-electron chi connectivity index (χ2n) is 6.36. The molecule has 0 spiro atoms. The van der Waals surface area contributed by atoms with E-state index < -0.39 is 5.97 Å². The van der Waals surface area contributed by atoms with Crippen molar-refractivity contribution in [3.63, 3.8) is 0 Å². The number of rotatable bonds is 6. The molecule has 0 aliphatic heterocycles. The molecule has 1 heterocycles. The van der Waals surface area contributed by atoms with Gasteiger partial charge in [0.2, 0.25) is 0 Å². The molecule has 3 aromatic rings. The molecular weight excluding hydrogens is 387 g/mol. The van der Waals surface area contributed by atoms with E-state index in [1.165, 1.54) is 12.4 Å². The maximum atomic E-state index is 11.5. The first-order valence-corrected chi connectivity index (χ1v) is 8.95. The number of likely N-dealkylation sites (N-methyl/N-ethyl adjacent to an activating group) is 1. The standard InChI is InChI=1S/C19H18Cl2N4O2/c1-25(2)9-16(11-6-7-14(20)15(21)8-11)24-18-12-4-3-5-13(19(26)27)17(12)22-10-23-18/h3-8,10,16H,9H2,1-2H3,(H,26,27)(H,22,23,24). The fourth-order valence-corrected chi connectivity index (χ4v) is 3.18. The van der Waals surface area contributed by atoms with E-state index in [-0.39, 0.29) is 11.6 Å². The van der Waals surface area contributed by atoms with Crippen molar-refractivity contribution in [1.29, 1.82) is 0 Å². The number of benzene rings is 2. The maximum Gasteiger partial charge on any atom is 0.337 e. The highest BCUT2D eigenvalue weighted by atomic mass is 35.5. The van der Waals surface area contributed by atoms with Gasteiger partial charge in [0.05, 0.1) is 27.2 Å². The zero-order valence-corrected chi connectivity index (χ0v) is 16.3. The number of nitrogens with one attached hydrogen (secondary N) is 1. The molecule has 27 heavy (non-hydrogen) atoms. The second-order valence-corrected chi connectivity index (χ2v) is 7.18. The first-order chi connectivity index (χ1) is 12.9. The van der Waals surface area contributed by atoms with Gasteiger partial charge in [-0.05, 0) is 43.9 Å². The third kappa shape index (κ3) is 4.30. The highest BCUT2D eigenvalue weighted by Crippen LogP contribution is 2.30. The van der Waals surface area contributed by atoms with Crippen LogP contribution >= 0.6 is 23.2 Å². The molecule has 2 N–H and O–H groups in total. The van der Waals surface area contributed by atoms with Crippen molar-refractivity contribution in [2.75, 3.05) is 26.0 Å². The van der Waals surface area contributed by atoms with E-state index in [1.807, 2.05) is 31.1 Å². The Kier molecular flexibility index (Phi) is 5.79. The Hall–Kier alpha value is -2.41. The number of carboxylic acid groups (broad SMARTS) is 1. The van der Waals surface area contributed by atoms with Crippen LogP contribution in [0.25, 0.3) is 10.9 Å². The van der Waals surface area contributed by atoms with Crippen molar-refractivity contribution >= 4 is 45.9 Å². The van der Waals surface area contributed by atoms with Crippen molar-refractivity contribution in [3.8, 4) is 0 Å². The number of carbonyl (C=O) groups is 1. The van der Waals surface area contributed by atoms with Gasteiger partial charge in [0.25, 0.3) is 0 Å². The Morgan fingerprint density at radius 1 is 1.19 bits per heavy atom. The summed E-state index contributed by atoms with van der Waals surface area (Å²) in [5.41, 5.74) is 1.47. The van der Waals surface area contributed by atoms with Crippen molar-refractivity contribution in [1.82, 2.24) is 14.9 Å². The third-order valence-corrected chi connectivity index (χ3v) is 4.84. The molecule has 0 aliphatic carbocycles. The second kappa shape index (κ2) is 8.08. The molecule has 0 amide bonds. The average molecular weight is 405 g/mol. The summed E-state index contributed by atoms with van der Waals surface area (Å²) < 4.78 is 0. The van der Waals surface area contributed by atoms with E-state index in [0.717, 1.165) is 5.56 Å². The molecule has 0 fully saturated rings. The number of hydrogen-bond acceptors (Lipinski definition) is 5. The molecule has 2 aromatic carbocycles. The number of carboxylic acids is 1. The smallest absolute Gasteiger partial charge is 0.337 e. The van der Waals surface area contributed by atoms with Crippen LogP contribution in [0.3, 0.4) is 0 Å². The van der Waals surface area contributed by atoms with Gasteiger partial charge in [-0.2, -0.15) is 0 Å². The summed E-state index contributed by atoms with van der Waals surface area (Å²) in [5.74, 6) is -0.472. The molecule has 1 atom stereocenters. The van der Waals surface area contributed by atoms with Crippen LogP contribution in [0.4, 0.5) is 5.82 Å². The third-order valence-electron chi connectivity index (χ3n) is 4.10. The predicted molar refractivity (Wildman–Crippen MR) is 108 cm³/mol. The zero-order chi connectivity index (χ0) is 19.6. The Morgan fingerprint density at radius 3 is 2.63 bits per heavy atom. The van der Waals surface area contributed by atoms with Crippen LogP contribution in [0.5, 0.6) is 0 Å². The largest absolute Gasteiger partial charge is 0.478 e. The Balaban J connectivity index is 2.04. The number of halogens is 2. The molecule has 0 bridgehead atoms. The molecule has 1 unspecified atom stereocenters. The lowest BCUT2D eigenvalue weighted by atomic mass is 10.1. The van der Waals surface area contributed by atoms with Gasteiger partial charge in [-0.15, -0.1) is 0 Å². The zero-order valence-electron chi connectivity index (χ0n) is 14.8. The minimum Gasteiger partial charge on any atom is -0.478 e. The fourth-order valence-electron chi connectivity index (χ4n) is 2.87. The Labute approximate surface area is 166 Å². The van der Waals surface area contributed by atoms with E-state index in [9.17, 15) is 9.90 Å². The van der Waals surface area contributed by atoms with Crippen LogP contribution in [0.15, 0.2) is 42.7 Å². The molecule has 0 saturated carbocycles. The van der Waals surface area contributed by atoms with Gasteiger partial charge in [-0.25, -0.2) is 14.8 Å². The number of anilines is 1. The van der Waals surface area contributed by atoms with E-state index in [4.69, 9.17) is 23.2 Å². The highest BCUT2D eigenvalue weighted by Gasteiger charge is 2.18. The monoisotopic (exact) mass is 404 g/mol. The van der Waals surface area contributed by atoms with Crippen LogP contribution in [0, 0.1) is 0 Å². The van der Waals surface area contributed by atoms with Crippen molar-refractivity contribution in [3.05, 3.63) is 63.9 Å². The lowest BCUT2D eigenvalue weighted by Crippen LogP contribution is -2.26. The van der Waals surface area contributed by atoms with Crippen molar-refractivity contribution in [2.45, 2.75) is 6.04 Å². The first-order valence-electron chi connectivity index (χ1n) is 8.20. The quantitative estimate of drug-likeness (QED) is 0.635. The molecule has 8 heteroatoms. The van der Waals surface area contributed by atoms with Gasteiger partial charge in [0.1, 0.15) is 12.1 Å². The number of nitrogens with zero attached hydrogens (tertiary/aromatic N) is 3. The van der Waals surface area contributed by atoms with Gasteiger partial charge in [-0.3, -0.25) is 0 Å². The summed E-state index contributed by atoms with van der Waals surface area (Å²) in [6.45, 7) is 0.669. The van der Waals surface area contributed by atoms with Crippen LogP contribution in [0.1, 0.15) is 22.0 Å². The highest BCUT2D eigenvalue weighted by molar-refractivity contribution is 6.42. The summed E-state index contributed by atoms with van der Waals surface area (Å²) in [7, 11) is 3.93. The summed E-state index contributed by atoms with van der Waals surface area (Å²) in [4.78, 5) is 22.0. The van der Waals surface area contributed by atoms with Gasteiger partial charge < -0.3 is 15.3 Å². The summed E-state index contributed by atoms with van der Waals surface area (Å²) in [6, 6.07) is 10.3. The Morgan fingerprint density at radius 2 is 1.96 bits per heavy atom. The van der Waals surface area contributed by atoms with Crippen molar-refractivity contribution < 1.29 is 9.90 Å². The van der Waals surface area contributed by atoms with Crippen molar-refractivity contribution in [2.24, 2.45) is 0 Å². The van der Waals surface area contributed by atoms with Crippen LogP contribution in [-0.2, 0) is 0 Å². The topological polar surface area (TPSA) is 78.3 Å². The first kappa shape index (κ1) is 19.4. The molecule has 3 rings (SSSR count). The van der Waals surface area contributed by atoms with E-state index in [1.54, 1.807) is 18.2 Å². The average Bonchev–Trinajstić information content (AvgIpc) is 2.62. The molecule has 0 aliphatic rings. The summed E-state index contributed by atoms with van der Waals surface area (Å²) in [5, 5.41) is 14.4. The summed E-state index contributed by atoms with van der Waals surface area (Å²) >= 11 is 12.2. The number of fused-ring (bicyclic) bond motifs is 1. The van der Waals surface area contributed by atoms with Gasteiger partial charge in [0, 0.05) is 11.9 Å². The van der Waals surface area contributed by atoms with Gasteiger partial charge >= 0.3 is 5.97 Å².